The van der Waals surface area contributed by atoms with E-state index in [9.17, 15) is 9.59 Å². The predicted octanol–water partition coefficient (Wildman–Crippen LogP) is 1.92. The number of carboxylic acids is 1. The van der Waals surface area contributed by atoms with Crippen LogP contribution >= 0.6 is 0 Å². The van der Waals surface area contributed by atoms with E-state index in [-0.39, 0.29) is 11.6 Å². The highest BCUT2D eigenvalue weighted by Crippen LogP contribution is 2.09. The van der Waals surface area contributed by atoms with Gasteiger partial charge in [0.05, 0.1) is 5.56 Å². The van der Waals surface area contributed by atoms with Crippen LogP contribution in [0.4, 0.5) is 10.5 Å². The number of carbonyl (C=O) groups is 2. The van der Waals surface area contributed by atoms with Crippen molar-refractivity contribution in [2.45, 2.75) is 13.3 Å². The predicted molar refractivity (Wildman–Crippen MR) is 60.7 cm³/mol. The highest BCUT2D eigenvalue weighted by Gasteiger charge is 2.03. The van der Waals surface area contributed by atoms with Crippen molar-refractivity contribution in [3.05, 3.63) is 29.8 Å². The van der Waals surface area contributed by atoms with Gasteiger partial charge < -0.3 is 15.7 Å². The lowest BCUT2D eigenvalue weighted by Gasteiger charge is -2.06. The molecule has 1 aromatic carbocycles. The van der Waals surface area contributed by atoms with Crippen LogP contribution in [0.15, 0.2) is 24.3 Å². The third-order valence-corrected chi connectivity index (χ3v) is 1.93. The number of aromatic carboxylic acids is 1. The normalized spacial score (nSPS) is 9.56. The second kappa shape index (κ2) is 5.75. The summed E-state index contributed by atoms with van der Waals surface area (Å²) in [5.74, 6) is -0.984. The number of rotatable bonds is 4. The maximum atomic E-state index is 11.3. The fourth-order valence-electron chi connectivity index (χ4n) is 1.11. The molecule has 16 heavy (non-hydrogen) atoms. The molecule has 5 nitrogen and oxygen atoms in total. The molecule has 0 aromatic heterocycles. The van der Waals surface area contributed by atoms with Crippen molar-refractivity contribution in [1.29, 1.82) is 0 Å². The van der Waals surface area contributed by atoms with Crippen molar-refractivity contribution in [3.8, 4) is 0 Å². The molecule has 0 unspecified atom stereocenters. The molecule has 0 fully saturated rings. The molecule has 3 N–H and O–H groups in total. The minimum atomic E-state index is -0.984. The van der Waals surface area contributed by atoms with Gasteiger partial charge in [-0.2, -0.15) is 0 Å². The van der Waals surface area contributed by atoms with E-state index in [1.165, 1.54) is 12.1 Å². The minimum absolute atomic E-state index is 0.194. The van der Waals surface area contributed by atoms with Crippen molar-refractivity contribution in [1.82, 2.24) is 5.32 Å². The van der Waals surface area contributed by atoms with Gasteiger partial charge in [-0.05, 0) is 30.7 Å². The number of urea groups is 1. The van der Waals surface area contributed by atoms with E-state index in [0.29, 0.717) is 12.2 Å². The van der Waals surface area contributed by atoms with E-state index in [4.69, 9.17) is 5.11 Å². The van der Waals surface area contributed by atoms with E-state index in [1.54, 1.807) is 12.1 Å². The number of amides is 2. The number of carboxylic acid groups (broad SMARTS) is 1. The average molecular weight is 222 g/mol. The molecular weight excluding hydrogens is 208 g/mol. The van der Waals surface area contributed by atoms with Crippen LogP contribution in [0.3, 0.4) is 0 Å². The Bertz CT molecular complexity index is 373. The van der Waals surface area contributed by atoms with Crippen LogP contribution < -0.4 is 10.6 Å². The fraction of sp³-hybridized carbons (Fsp3) is 0.273. The van der Waals surface area contributed by atoms with Gasteiger partial charge in [0.25, 0.3) is 0 Å². The van der Waals surface area contributed by atoms with Gasteiger partial charge in [0.2, 0.25) is 0 Å². The molecule has 1 rings (SSSR count). The largest absolute Gasteiger partial charge is 0.478 e. The molecule has 0 radical (unpaired) electrons. The summed E-state index contributed by atoms with van der Waals surface area (Å²) in [6.45, 7) is 2.57. The summed E-state index contributed by atoms with van der Waals surface area (Å²) in [6.07, 6.45) is 0.866. The van der Waals surface area contributed by atoms with Gasteiger partial charge in [-0.3, -0.25) is 0 Å². The van der Waals surface area contributed by atoms with Gasteiger partial charge in [0.1, 0.15) is 0 Å². The SMILES string of the molecule is CCCNC(=O)Nc1ccc(C(=O)O)cc1. The second-order valence-electron chi connectivity index (χ2n) is 3.26. The molecule has 2 amide bonds. The number of nitrogens with one attached hydrogen (secondary N) is 2. The smallest absolute Gasteiger partial charge is 0.335 e. The van der Waals surface area contributed by atoms with E-state index < -0.39 is 5.97 Å². The van der Waals surface area contributed by atoms with E-state index in [1.807, 2.05) is 6.92 Å². The highest BCUT2D eigenvalue weighted by molar-refractivity contribution is 5.91. The molecule has 0 aliphatic carbocycles. The second-order valence-corrected chi connectivity index (χ2v) is 3.26. The molecule has 0 saturated heterocycles. The summed E-state index contributed by atoms with van der Waals surface area (Å²) >= 11 is 0. The molecule has 0 bridgehead atoms. The van der Waals surface area contributed by atoms with Gasteiger partial charge in [-0.15, -0.1) is 0 Å². The third kappa shape index (κ3) is 3.61. The Kier molecular flexibility index (Phi) is 4.32. The van der Waals surface area contributed by atoms with Gasteiger partial charge >= 0.3 is 12.0 Å². The van der Waals surface area contributed by atoms with Crippen molar-refractivity contribution in [2.24, 2.45) is 0 Å². The van der Waals surface area contributed by atoms with Gasteiger partial charge in [0.15, 0.2) is 0 Å². The fourth-order valence-corrected chi connectivity index (χ4v) is 1.11. The molecule has 0 saturated carbocycles. The van der Waals surface area contributed by atoms with Crippen LogP contribution in [-0.4, -0.2) is 23.7 Å². The number of benzene rings is 1. The number of hydrogen-bond donors (Lipinski definition) is 3. The first-order chi connectivity index (χ1) is 7.63. The Hall–Kier alpha value is -2.04. The van der Waals surface area contributed by atoms with Crippen LogP contribution in [0.2, 0.25) is 0 Å². The lowest BCUT2D eigenvalue weighted by atomic mass is 10.2. The van der Waals surface area contributed by atoms with Crippen LogP contribution in [0, 0.1) is 0 Å². The molecule has 86 valence electrons. The number of carbonyl (C=O) groups excluding carboxylic acids is 1. The number of anilines is 1. The summed E-state index contributed by atoms with van der Waals surface area (Å²) in [4.78, 5) is 21.8. The van der Waals surface area contributed by atoms with Crippen LogP contribution in [0.5, 0.6) is 0 Å². The van der Waals surface area contributed by atoms with Gasteiger partial charge in [-0.25, -0.2) is 9.59 Å². The Morgan fingerprint density at radius 2 is 1.88 bits per heavy atom. The lowest BCUT2D eigenvalue weighted by Crippen LogP contribution is -2.29. The van der Waals surface area contributed by atoms with E-state index >= 15 is 0 Å². The quantitative estimate of drug-likeness (QED) is 0.728. The Morgan fingerprint density at radius 3 is 2.38 bits per heavy atom. The molecule has 0 aliphatic heterocycles. The standard InChI is InChI=1S/C11H14N2O3/c1-2-7-12-11(16)13-9-5-3-8(4-6-9)10(14)15/h3-6H,2,7H2,1H3,(H,14,15)(H2,12,13,16). The Labute approximate surface area is 93.5 Å². The molecule has 0 atom stereocenters. The van der Waals surface area contributed by atoms with E-state index in [2.05, 4.69) is 10.6 Å². The first kappa shape index (κ1) is 12.0. The third-order valence-electron chi connectivity index (χ3n) is 1.93. The first-order valence-electron chi connectivity index (χ1n) is 5.01. The zero-order valence-electron chi connectivity index (χ0n) is 8.99. The van der Waals surface area contributed by atoms with Crippen LogP contribution in [0.1, 0.15) is 23.7 Å². The summed E-state index contributed by atoms with van der Waals surface area (Å²) in [7, 11) is 0. The molecule has 1 aromatic rings. The molecule has 5 heteroatoms. The summed E-state index contributed by atoms with van der Waals surface area (Å²) < 4.78 is 0. The molecule has 0 aliphatic rings. The Balaban J connectivity index is 2.55. The number of hydrogen-bond acceptors (Lipinski definition) is 2. The zero-order chi connectivity index (χ0) is 12.0. The summed E-state index contributed by atoms with van der Waals surface area (Å²) in [6, 6.07) is 5.70. The summed E-state index contributed by atoms with van der Waals surface area (Å²) in [5.41, 5.74) is 0.762. The maximum absolute atomic E-state index is 11.3. The van der Waals surface area contributed by atoms with Crippen LogP contribution in [0.25, 0.3) is 0 Å². The lowest BCUT2D eigenvalue weighted by molar-refractivity contribution is 0.0697. The zero-order valence-corrected chi connectivity index (χ0v) is 8.99. The van der Waals surface area contributed by atoms with Crippen molar-refractivity contribution in [3.63, 3.8) is 0 Å². The molecular formula is C11H14N2O3. The van der Waals surface area contributed by atoms with Gasteiger partial charge in [0, 0.05) is 12.2 Å². The van der Waals surface area contributed by atoms with Crippen molar-refractivity contribution < 1.29 is 14.7 Å². The summed E-state index contributed by atoms with van der Waals surface area (Å²) in [5, 5.41) is 13.9. The Morgan fingerprint density at radius 1 is 1.25 bits per heavy atom. The monoisotopic (exact) mass is 222 g/mol. The minimum Gasteiger partial charge on any atom is -0.478 e. The first-order valence-corrected chi connectivity index (χ1v) is 5.01. The highest BCUT2D eigenvalue weighted by atomic mass is 16.4. The molecule has 0 heterocycles. The average Bonchev–Trinajstić information content (AvgIpc) is 2.27. The van der Waals surface area contributed by atoms with Crippen molar-refractivity contribution in [2.75, 3.05) is 11.9 Å². The van der Waals surface area contributed by atoms with E-state index in [0.717, 1.165) is 6.42 Å². The van der Waals surface area contributed by atoms with Crippen LogP contribution in [-0.2, 0) is 0 Å². The van der Waals surface area contributed by atoms with Gasteiger partial charge in [-0.1, -0.05) is 6.92 Å². The topological polar surface area (TPSA) is 78.4 Å². The maximum Gasteiger partial charge on any atom is 0.335 e. The molecule has 0 spiro atoms. The van der Waals surface area contributed by atoms with Crippen molar-refractivity contribution >= 4 is 17.7 Å².